The summed E-state index contributed by atoms with van der Waals surface area (Å²) in [5.41, 5.74) is 0.398. The molecule has 0 spiro atoms. The smallest absolute Gasteiger partial charge is 0.341 e. The van der Waals surface area contributed by atoms with Gasteiger partial charge in [0.2, 0.25) is 0 Å². The first-order valence-corrected chi connectivity index (χ1v) is 6.45. The maximum atomic E-state index is 11.6. The Morgan fingerprint density at radius 2 is 2.20 bits per heavy atom. The summed E-state index contributed by atoms with van der Waals surface area (Å²) in [7, 11) is 1.79. The molecule has 2 aromatic heterocycles. The zero-order chi connectivity index (χ0) is 14.5. The lowest BCUT2D eigenvalue weighted by Crippen LogP contribution is -2.06. The van der Waals surface area contributed by atoms with Gasteiger partial charge in [0, 0.05) is 25.7 Å². The molecule has 0 unspecified atom stereocenters. The molecule has 0 aliphatic heterocycles. The highest BCUT2D eigenvalue weighted by atomic mass is 16.5. The Bertz CT molecular complexity index is 586. The van der Waals surface area contributed by atoms with Crippen molar-refractivity contribution in [3.05, 3.63) is 29.8 Å². The fraction of sp³-hybridized carbons (Fsp3) is 0.385. The van der Waals surface area contributed by atoms with Crippen LogP contribution in [0.2, 0.25) is 0 Å². The number of rotatable bonds is 5. The van der Waals surface area contributed by atoms with Crippen LogP contribution in [-0.4, -0.2) is 39.4 Å². The minimum Gasteiger partial charge on any atom is -0.462 e. The topological polar surface area (TPSA) is 81.9 Å². The molecular formula is C13H17N5O2. The minimum atomic E-state index is -0.391. The van der Waals surface area contributed by atoms with E-state index in [0.717, 1.165) is 0 Å². The van der Waals surface area contributed by atoms with E-state index in [1.165, 1.54) is 10.9 Å². The third kappa shape index (κ3) is 2.93. The first-order chi connectivity index (χ1) is 9.67. The molecule has 0 aromatic carbocycles. The van der Waals surface area contributed by atoms with Crippen LogP contribution in [-0.2, 0) is 11.2 Å². The van der Waals surface area contributed by atoms with Crippen molar-refractivity contribution >= 4 is 11.8 Å². The number of esters is 1. The van der Waals surface area contributed by atoms with Crippen LogP contribution in [0.15, 0.2) is 18.5 Å². The van der Waals surface area contributed by atoms with E-state index in [-0.39, 0.29) is 0 Å². The molecule has 0 saturated heterocycles. The number of anilines is 1. The van der Waals surface area contributed by atoms with Gasteiger partial charge in [0.05, 0.1) is 18.4 Å². The molecule has 7 nitrogen and oxygen atoms in total. The van der Waals surface area contributed by atoms with Gasteiger partial charge < -0.3 is 10.1 Å². The van der Waals surface area contributed by atoms with E-state index in [0.29, 0.717) is 36.1 Å². The zero-order valence-corrected chi connectivity index (χ0v) is 11.8. The molecule has 0 radical (unpaired) electrons. The molecule has 0 bridgehead atoms. The summed E-state index contributed by atoms with van der Waals surface area (Å²) in [6, 6.07) is 1.76. The summed E-state index contributed by atoms with van der Waals surface area (Å²) in [6.45, 7) is 4.08. The molecule has 0 fully saturated rings. The number of hydrogen-bond acceptors (Lipinski definition) is 6. The number of carbonyl (C=O) groups is 1. The molecule has 2 heterocycles. The summed E-state index contributed by atoms with van der Waals surface area (Å²) in [6.07, 6.45) is 3.78. The van der Waals surface area contributed by atoms with Gasteiger partial charge in [-0.2, -0.15) is 5.10 Å². The standard InChI is InChI=1S/C13H17N5O2/c1-4-10-16-11(14-3)6-12(17-10)18-8-9(7-15-18)13(19)20-5-2/h6-8H,4-5H2,1-3H3,(H,14,16,17). The highest BCUT2D eigenvalue weighted by molar-refractivity contribution is 5.88. The first kappa shape index (κ1) is 14.0. The minimum absolute atomic E-state index is 0.335. The van der Waals surface area contributed by atoms with Crippen LogP contribution in [0.4, 0.5) is 5.82 Å². The number of carbonyl (C=O) groups excluding carboxylic acids is 1. The number of nitrogens with one attached hydrogen (secondary N) is 1. The van der Waals surface area contributed by atoms with Crippen molar-refractivity contribution in [2.75, 3.05) is 19.0 Å². The van der Waals surface area contributed by atoms with Gasteiger partial charge in [-0.1, -0.05) is 6.92 Å². The molecule has 20 heavy (non-hydrogen) atoms. The quantitative estimate of drug-likeness (QED) is 0.831. The summed E-state index contributed by atoms with van der Waals surface area (Å²) in [4.78, 5) is 20.3. The maximum Gasteiger partial charge on any atom is 0.341 e. The second-order valence-corrected chi connectivity index (χ2v) is 4.03. The van der Waals surface area contributed by atoms with E-state index in [1.54, 1.807) is 26.2 Å². The Balaban J connectivity index is 2.34. The summed E-state index contributed by atoms with van der Waals surface area (Å²) in [5, 5.41) is 7.12. The van der Waals surface area contributed by atoms with E-state index in [1.807, 2.05) is 6.92 Å². The molecule has 1 N–H and O–H groups in total. The van der Waals surface area contributed by atoms with Gasteiger partial charge in [0.15, 0.2) is 5.82 Å². The molecule has 2 aromatic rings. The fourth-order valence-electron chi connectivity index (χ4n) is 1.65. The van der Waals surface area contributed by atoms with Gasteiger partial charge in [-0.3, -0.25) is 0 Å². The maximum absolute atomic E-state index is 11.6. The average Bonchev–Trinajstić information content (AvgIpc) is 2.97. The molecule has 106 valence electrons. The molecule has 0 atom stereocenters. The average molecular weight is 275 g/mol. The van der Waals surface area contributed by atoms with Crippen molar-refractivity contribution in [1.82, 2.24) is 19.7 Å². The Kier molecular flexibility index (Phi) is 4.29. The second kappa shape index (κ2) is 6.14. The van der Waals surface area contributed by atoms with E-state index < -0.39 is 5.97 Å². The Morgan fingerprint density at radius 1 is 1.40 bits per heavy atom. The van der Waals surface area contributed by atoms with Crippen molar-refractivity contribution in [2.45, 2.75) is 20.3 Å². The van der Waals surface area contributed by atoms with E-state index in [4.69, 9.17) is 4.74 Å². The van der Waals surface area contributed by atoms with Crippen LogP contribution in [0.25, 0.3) is 5.82 Å². The number of hydrogen-bond donors (Lipinski definition) is 1. The predicted molar refractivity (Wildman–Crippen MR) is 74.0 cm³/mol. The lowest BCUT2D eigenvalue weighted by atomic mass is 10.4. The van der Waals surface area contributed by atoms with Crippen molar-refractivity contribution in [2.24, 2.45) is 0 Å². The normalized spacial score (nSPS) is 10.3. The fourth-order valence-corrected chi connectivity index (χ4v) is 1.65. The van der Waals surface area contributed by atoms with Crippen molar-refractivity contribution in [1.29, 1.82) is 0 Å². The van der Waals surface area contributed by atoms with Gasteiger partial charge >= 0.3 is 5.97 Å². The van der Waals surface area contributed by atoms with Crippen molar-refractivity contribution < 1.29 is 9.53 Å². The highest BCUT2D eigenvalue weighted by Crippen LogP contribution is 2.12. The van der Waals surface area contributed by atoms with Crippen LogP contribution >= 0.6 is 0 Å². The lowest BCUT2D eigenvalue weighted by molar-refractivity contribution is 0.0526. The Morgan fingerprint density at radius 3 is 2.85 bits per heavy atom. The number of aryl methyl sites for hydroxylation is 1. The second-order valence-electron chi connectivity index (χ2n) is 4.03. The largest absolute Gasteiger partial charge is 0.462 e. The molecule has 2 rings (SSSR count). The van der Waals surface area contributed by atoms with Crippen molar-refractivity contribution in [3.8, 4) is 5.82 Å². The molecular weight excluding hydrogens is 258 g/mol. The Hall–Kier alpha value is -2.44. The van der Waals surface area contributed by atoms with Crippen molar-refractivity contribution in [3.63, 3.8) is 0 Å². The molecule has 0 amide bonds. The summed E-state index contributed by atoms with van der Waals surface area (Å²) >= 11 is 0. The number of aromatic nitrogens is 4. The van der Waals surface area contributed by atoms with E-state index in [2.05, 4.69) is 20.4 Å². The SMILES string of the molecule is CCOC(=O)c1cnn(-c2cc(NC)nc(CC)n2)c1. The third-order valence-corrected chi connectivity index (χ3v) is 2.66. The van der Waals surface area contributed by atoms with E-state index in [9.17, 15) is 4.79 Å². The molecule has 0 aliphatic rings. The van der Waals surface area contributed by atoms with Crippen LogP contribution in [0.1, 0.15) is 30.0 Å². The highest BCUT2D eigenvalue weighted by Gasteiger charge is 2.12. The number of ether oxygens (including phenoxy) is 1. The number of nitrogens with zero attached hydrogens (tertiary/aromatic N) is 4. The van der Waals surface area contributed by atoms with Gasteiger partial charge in [-0.25, -0.2) is 19.4 Å². The monoisotopic (exact) mass is 275 g/mol. The van der Waals surface area contributed by atoms with Gasteiger partial charge in [-0.05, 0) is 6.92 Å². The zero-order valence-electron chi connectivity index (χ0n) is 11.8. The van der Waals surface area contributed by atoms with Gasteiger partial charge in [0.1, 0.15) is 11.6 Å². The third-order valence-electron chi connectivity index (χ3n) is 2.66. The van der Waals surface area contributed by atoms with Crippen LogP contribution < -0.4 is 5.32 Å². The van der Waals surface area contributed by atoms with E-state index >= 15 is 0 Å². The van der Waals surface area contributed by atoms with Gasteiger partial charge in [0.25, 0.3) is 0 Å². The first-order valence-electron chi connectivity index (χ1n) is 6.45. The lowest BCUT2D eigenvalue weighted by Gasteiger charge is -2.06. The molecule has 0 aliphatic carbocycles. The molecule has 7 heteroatoms. The summed E-state index contributed by atoms with van der Waals surface area (Å²) in [5.74, 6) is 1.63. The van der Waals surface area contributed by atoms with Crippen LogP contribution in [0.3, 0.4) is 0 Å². The predicted octanol–water partition coefficient (Wildman–Crippen LogP) is 1.44. The van der Waals surface area contributed by atoms with Crippen LogP contribution in [0, 0.1) is 0 Å². The Labute approximate surface area is 117 Å². The van der Waals surface area contributed by atoms with Crippen LogP contribution in [0.5, 0.6) is 0 Å². The molecule has 0 saturated carbocycles. The van der Waals surface area contributed by atoms with Gasteiger partial charge in [-0.15, -0.1) is 0 Å². The summed E-state index contributed by atoms with van der Waals surface area (Å²) < 4.78 is 6.47.